The van der Waals surface area contributed by atoms with E-state index in [9.17, 15) is 0 Å². The van der Waals surface area contributed by atoms with Gasteiger partial charge in [0.1, 0.15) is 5.82 Å². The van der Waals surface area contributed by atoms with Crippen LogP contribution in [0.5, 0.6) is 0 Å². The van der Waals surface area contributed by atoms with Crippen LogP contribution in [0.15, 0.2) is 16.6 Å². The van der Waals surface area contributed by atoms with Gasteiger partial charge in [-0.05, 0) is 47.8 Å². The molecule has 2 aromatic rings. The highest BCUT2D eigenvalue weighted by molar-refractivity contribution is 9.10. The molecule has 0 saturated heterocycles. The number of ether oxygens (including phenoxy) is 1. The molecule has 0 amide bonds. The van der Waals surface area contributed by atoms with Crippen LogP contribution in [0.2, 0.25) is 0 Å². The normalized spacial score (nSPS) is 10.8. The number of halogens is 1. The lowest BCUT2D eigenvalue weighted by Crippen LogP contribution is -2.05. The maximum atomic E-state index is 5.23. The summed E-state index contributed by atoms with van der Waals surface area (Å²) in [6, 6.07) is 4.31. The maximum absolute atomic E-state index is 5.23. The highest BCUT2D eigenvalue weighted by atomic mass is 79.9. The van der Waals surface area contributed by atoms with Crippen molar-refractivity contribution in [2.45, 2.75) is 27.4 Å². The Hall–Kier alpha value is -1.46. The Morgan fingerprint density at radius 1 is 1.14 bits per heavy atom. The summed E-state index contributed by atoms with van der Waals surface area (Å²) in [6.07, 6.45) is 0. The Bertz CT molecular complexity index is 648. The number of hydrogen-bond donors (Lipinski definition) is 1. The van der Waals surface area contributed by atoms with Gasteiger partial charge in [0.2, 0.25) is 0 Å². The van der Waals surface area contributed by atoms with E-state index in [-0.39, 0.29) is 0 Å². The van der Waals surface area contributed by atoms with Crippen molar-refractivity contribution in [3.8, 4) is 11.4 Å². The fourth-order valence-electron chi connectivity index (χ4n) is 2.54. The van der Waals surface area contributed by atoms with Gasteiger partial charge in [0.25, 0.3) is 0 Å². The number of nitrogens with one attached hydrogen (secondary N) is 1. The van der Waals surface area contributed by atoms with Gasteiger partial charge in [0.05, 0.1) is 16.8 Å². The minimum atomic E-state index is 0.439. The molecule has 21 heavy (non-hydrogen) atoms. The lowest BCUT2D eigenvalue weighted by molar-refractivity contribution is 0.181. The molecule has 0 radical (unpaired) electrons. The molecule has 1 heterocycles. The summed E-state index contributed by atoms with van der Waals surface area (Å²) in [6.45, 7) is 6.72. The number of nitrogens with zero attached hydrogens (tertiary/aromatic N) is 2. The van der Waals surface area contributed by atoms with Crippen LogP contribution in [-0.4, -0.2) is 24.1 Å². The number of aryl methyl sites for hydroxylation is 3. The molecule has 0 aliphatic rings. The molecule has 4 nitrogen and oxygen atoms in total. The first kappa shape index (κ1) is 15.9. The second-order valence-corrected chi connectivity index (χ2v) is 5.91. The topological polar surface area (TPSA) is 47.0 Å². The number of hydrogen-bond acceptors (Lipinski definition) is 4. The van der Waals surface area contributed by atoms with E-state index in [1.54, 1.807) is 7.11 Å². The van der Waals surface area contributed by atoms with Gasteiger partial charge in [-0.25, -0.2) is 9.97 Å². The molecule has 2 rings (SSSR count). The molecule has 0 saturated carbocycles. The average Bonchev–Trinajstić information content (AvgIpc) is 2.41. The van der Waals surface area contributed by atoms with Crippen LogP contribution in [-0.2, 0) is 11.3 Å². The molecule has 1 N–H and O–H groups in total. The largest absolute Gasteiger partial charge is 0.378 e. The predicted octanol–water partition coefficient (Wildman–Crippen LogP) is 4.02. The van der Waals surface area contributed by atoms with Crippen molar-refractivity contribution < 1.29 is 4.74 Å². The summed E-state index contributed by atoms with van der Waals surface area (Å²) >= 11 is 3.53. The first-order chi connectivity index (χ1) is 9.97. The zero-order valence-corrected chi connectivity index (χ0v) is 14.6. The summed E-state index contributed by atoms with van der Waals surface area (Å²) in [5.74, 6) is 1.50. The summed E-state index contributed by atoms with van der Waals surface area (Å²) in [4.78, 5) is 9.30. The molecular weight excluding hydrogens is 330 g/mol. The van der Waals surface area contributed by atoms with Gasteiger partial charge in [-0.15, -0.1) is 0 Å². The van der Waals surface area contributed by atoms with E-state index in [1.807, 2.05) is 7.05 Å². The smallest absolute Gasteiger partial charge is 0.162 e. The van der Waals surface area contributed by atoms with E-state index in [0.717, 1.165) is 27.4 Å². The molecule has 0 aliphatic heterocycles. The molecular formula is C16H20BrN3O. The summed E-state index contributed by atoms with van der Waals surface area (Å²) in [5, 5.41) is 3.10. The molecule has 1 aromatic carbocycles. The second kappa shape index (κ2) is 6.54. The molecule has 0 unspecified atom stereocenters. The fourth-order valence-corrected chi connectivity index (χ4v) is 3.03. The number of anilines is 1. The van der Waals surface area contributed by atoms with Crippen LogP contribution in [0.25, 0.3) is 11.4 Å². The van der Waals surface area contributed by atoms with Crippen molar-refractivity contribution in [3.05, 3.63) is 39.0 Å². The molecule has 1 aromatic heterocycles. The molecule has 0 aliphatic carbocycles. The summed E-state index contributed by atoms with van der Waals surface area (Å²) in [7, 11) is 3.51. The van der Waals surface area contributed by atoms with Crippen LogP contribution in [0.1, 0.15) is 22.4 Å². The number of methoxy groups -OCH3 is 1. The van der Waals surface area contributed by atoms with Crippen LogP contribution >= 0.6 is 15.9 Å². The van der Waals surface area contributed by atoms with Crippen molar-refractivity contribution in [2.24, 2.45) is 0 Å². The molecule has 5 heteroatoms. The molecule has 0 fully saturated rings. The summed E-state index contributed by atoms with van der Waals surface area (Å²) < 4.78 is 6.08. The quantitative estimate of drug-likeness (QED) is 0.905. The molecule has 0 atom stereocenters. The minimum Gasteiger partial charge on any atom is -0.378 e. The van der Waals surface area contributed by atoms with Crippen molar-refractivity contribution in [3.63, 3.8) is 0 Å². The van der Waals surface area contributed by atoms with Gasteiger partial charge in [-0.2, -0.15) is 0 Å². The first-order valence-electron chi connectivity index (χ1n) is 6.79. The first-order valence-corrected chi connectivity index (χ1v) is 7.58. The third-order valence-corrected chi connectivity index (χ3v) is 4.17. The van der Waals surface area contributed by atoms with E-state index in [0.29, 0.717) is 6.61 Å². The zero-order chi connectivity index (χ0) is 15.6. The minimum absolute atomic E-state index is 0.439. The monoisotopic (exact) mass is 349 g/mol. The van der Waals surface area contributed by atoms with E-state index >= 15 is 0 Å². The van der Waals surface area contributed by atoms with E-state index < -0.39 is 0 Å². The molecule has 0 spiro atoms. The van der Waals surface area contributed by atoms with Gasteiger partial charge in [0.15, 0.2) is 5.82 Å². The van der Waals surface area contributed by atoms with Crippen LogP contribution in [0.4, 0.5) is 5.82 Å². The number of aromatic nitrogens is 2. The third-order valence-electron chi connectivity index (χ3n) is 3.34. The second-order valence-electron chi connectivity index (χ2n) is 5.11. The van der Waals surface area contributed by atoms with Crippen LogP contribution in [0, 0.1) is 20.8 Å². The number of rotatable bonds is 4. The van der Waals surface area contributed by atoms with Crippen molar-refractivity contribution in [1.82, 2.24) is 9.97 Å². The van der Waals surface area contributed by atoms with Crippen molar-refractivity contribution in [2.75, 3.05) is 19.5 Å². The van der Waals surface area contributed by atoms with Crippen molar-refractivity contribution in [1.29, 1.82) is 0 Å². The van der Waals surface area contributed by atoms with E-state index in [4.69, 9.17) is 4.74 Å². The Kier molecular flexibility index (Phi) is 4.96. The average molecular weight is 350 g/mol. The molecule has 112 valence electrons. The maximum Gasteiger partial charge on any atom is 0.162 e. The van der Waals surface area contributed by atoms with Crippen LogP contribution in [0.3, 0.4) is 0 Å². The Balaban J connectivity index is 2.67. The van der Waals surface area contributed by atoms with Gasteiger partial charge in [-0.1, -0.05) is 17.7 Å². The Morgan fingerprint density at radius 3 is 2.29 bits per heavy atom. The predicted molar refractivity (Wildman–Crippen MR) is 89.6 cm³/mol. The van der Waals surface area contributed by atoms with Gasteiger partial charge in [0, 0.05) is 19.7 Å². The highest BCUT2D eigenvalue weighted by Crippen LogP contribution is 2.31. The molecule has 0 bridgehead atoms. The SMILES string of the molecule is CNc1nc(-c2c(C)cc(C)cc2C)nc(COC)c1Br. The van der Waals surface area contributed by atoms with E-state index in [2.05, 4.69) is 64.1 Å². The fraction of sp³-hybridized carbons (Fsp3) is 0.375. The van der Waals surface area contributed by atoms with Gasteiger partial charge in [-0.3, -0.25) is 0 Å². The lowest BCUT2D eigenvalue weighted by Gasteiger charge is -2.14. The lowest BCUT2D eigenvalue weighted by atomic mass is 9.99. The highest BCUT2D eigenvalue weighted by Gasteiger charge is 2.15. The standard InChI is InChI=1S/C16H20BrN3O/c1-9-6-10(2)13(11(3)7-9)15-19-12(8-21-5)14(17)16(18-4)20-15/h6-7H,8H2,1-5H3,(H,18,19,20). The summed E-state index contributed by atoms with van der Waals surface area (Å²) in [5.41, 5.74) is 5.53. The Morgan fingerprint density at radius 2 is 1.76 bits per heavy atom. The number of benzene rings is 1. The van der Waals surface area contributed by atoms with Gasteiger partial charge >= 0.3 is 0 Å². The zero-order valence-electron chi connectivity index (χ0n) is 13.0. The van der Waals surface area contributed by atoms with Crippen LogP contribution < -0.4 is 5.32 Å². The third kappa shape index (κ3) is 3.24. The van der Waals surface area contributed by atoms with E-state index in [1.165, 1.54) is 16.7 Å². The van der Waals surface area contributed by atoms with Gasteiger partial charge < -0.3 is 10.1 Å². The van der Waals surface area contributed by atoms with Crippen molar-refractivity contribution >= 4 is 21.7 Å². The Labute approximate surface area is 134 Å².